The standard InChI is InChI=1S/C18H25F3N4O2/c19-18(20,21)14-5-1-2-6-15(14)24-17(27)23-9-3-4-10-25-11-7-13(8-12-25)16(22)26/h1-2,5-6,13H,3-4,7-12H2,(H2,22,26)(H2,23,24,27). The number of unbranched alkanes of at least 4 members (excludes halogenated alkanes) is 1. The van der Waals surface area contributed by atoms with Crippen LogP contribution in [0.2, 0.25) is 0 Å². The fraction of sp³-hybridized carbons (Fsp3) is 0.556. The summed E-state index contributed by atoms with van der Waals surface area (Å²) >= 11 is 0. The lowest BCUT2D eigenvalue weighted by atomic mass is 9.96. The molecular weight excluding hydrogens is 361 g/mol. The Balaban J connectivity index is 1.64. The fourth-order valence-corrected chi connectivity index (χ4v) is 3.11. The van der Waals surface area contributed by atoms with Gasteiger partial charge in [-0.3, -0.25) is 4.79 Å². The zero-order valence-corrected chi connectivity index (χ0v) is 15.0. The Hall–Kier alpha value is -2.29. The molecule has 1 aliphatic heterocycles. The predicted molar refractivity (Wildman–Crippen MR) is 96.1 cm³/mol. The van der Waals surface area contributed by atoms with Crippen molar-refractivity contribution in [3.05, 3.63) is 29.8 Å². The molecule has 0 aliphatic carbocycles. The van der Waals surface area contributed by atoms with E-state index >= 15 is 0 Å². The van der Waals surface area contributed by atoms with E-state index < -0.39 is 17.8 Å². The zero-order valence-electron chi connectivity index (χ0n) is 15.0. The van der Waals surface area contributed by atoms with E-state index in [9.17, 15) is 22.8 Å². The Morgan fingerprint density at radius 2 is 1.81 bits per heavy atom. The van der Waals surface area contributed by atoms with Crippen molar-refractivity contribution in [2.75, 3.05) is 31.5 Å². The molecule has 3 amide bonds. The van der Waals surface area contributed by atoms with Gasteiger partial charge in [-0.1, -0.05) is 12.1 Å². The number of nitrogens with one attached hydrogen (secondary N) is 2. The van der Waals surface area contributed by atoms with Gasteiger partial charge in [-0.05, 0) is 57.5 Å². The molecule has 4 N–H and O–H groups in total. The van der Waals surface area contributed by atoms with Gasteiger partial charge in [0.1, 0.15) is 0 Å². The minimum atomic E-state index is -4.52. The number of primary amides is 1. The number of carbonyl (C=O) groups excluding carboxylic acids is 2. The SMILES string of the molecule is NC(=O)C1CCN(CCCCNC(=O)Nc2ccccc2C(F)(F)F)CC1. The second-order valence-electron chi connectivity index (χ2n) is 6.65. The van der Waals surface area contributed by atoms with Crippen molar-refractivity contribution in [1.29, 1.82) is 0 Å². The number of piperidine rings is 1. The summed E-state index contributed by atoms with van der Waals surface area (Å²) in [4.78, 5) is 25.2. The van der Waals surface area contributed by atoms with Gasteiger partial charge in [-0.25, -0.2) is 4.79 Å². The Morgan fingerprint density at radius 1 is 1.15 bits per heavy atom. The number of likely N-dealkylation sites (tertiary alicyclic amines) is 1. The molecule has 1 saturated heterocycles. The van der Waals surface area contributed by atoms with E-state index in [1.165, 1.54) is 18.2 Å². The quantitative estimate of drug-likeness (QED) is 0.630. The molecule has 1 aromatic carbocycles. The van der Waals surface area contributed by atoms with Gasteiger partial charge in [0, 0.05) is 12.5 Å². The number of urea groups is 1. The fourth-order valence-electron chi connectivity index (χ4n) is 3.11. The van der Waals surface area contributed by atoms with E-state index in [1.807, 2.05) is 0 Å². The number of amides is 3. The summed E-state index contributed by atoms with van der Waals surface area (Å²) in [6.07, 6.45) is -1.42. The second kappa shape index (κ2) is 9.59. The Bertz CT molecular complexity index is 644. The highest BCUT2D eigenvalue weighted by atomic mass is 19.4. The topological polar surface area (TPSA) is 87.5 Å². The van der Waals surface area contributed by atoms with Crippen molar-refractivity contribution in [2.45, 2.75) is 31.9 Å². The number of para-hydroxylation sites is 1. The summed E-state index contributed by atoms with van der Waals surface area (Å²) in [6, 6.07) is 4.20. The zero-order chi connectivity index (χ0) is 19.9. The first kappa shape index (κ1) is 21.0. The van der Waals surface area contributed by atoms with Crippen LogP contribution >= 0.6 is 0 Å². The molecule has 1 fully saturated rings. The Kier molecular flexibility index (Phi) is 7.46. The van der Waals surface area contributed by atoms with Gasteiger partial charge in [0.25, 0.3) is 0 Å². The van der Waals surface area contributed by atoms with Crippen LogP contribution in [0.5, 0.6) is 0 Å². The van der Waals surface area contributed by atoms with Gasteiger partial charge in [-0.15, -0.1) is 0 Å². The highest BCUT2D eigenvalue weighted by Gasteiger charge is 2.33. The number of hydrogen-bond acceptors (Lipinski definition) is 3. The van der Waals surface area contributed by atoms with Crippen LogP contribution in [-0.4, -0.2) is 43.0 Å². The summed E-state index contributed by atoms with van der Waals surface area (Å²) in [5.74, 6) is -0.275. The maximum Gasteiger partial charge on any atom is 0.418 e. The van der Waals surface area contributed by atoms with E-state index in [4.69, 9.17) is 5.73 Å². The summed E-state index contributed by atoms with van der Waals surface area (Å²) in [6.45, 7) is 2.88. The van der Waals surface area contributed by atoms with Gasteiger partial charge in [0.15, 0.2) is 0 Å². The highest BCUT2D eigenvalue weighted by Crippen LogP contribution is 2.34. The normalized spacial score (nSPS) is 16.1. The monoisotopic (exact) mass is 386 g/mol. The predicted octanol–water partition coefficient (Wildman–Crippen LogP) is 2.80. The average Bonchev–Trinajstić information content (AvgIpc) is 2.61. The molecule has 0 spiro atoms. The first-order valence-electron chi connectivity index (χ1n) is 9.00. The third kappa shape index (κ3) is 6.74. The molecule has 0 saturated carbocycles. The molecule has 150 valence electrons. The van der Waals surface area contributed by atoms with Crippen LogP contribution in [0.25, 0.3) is 0 Å². The Labute approximate surface area is 156 Å². The van der Waals surface area contributed by atoms with Crippen molar-refractivity contribution in [3.63, 3.8) is 0 Å². The molecule has 0 unspecified atom stereocenters. The third-order valence-corrected chi connectivity index (χ3v) is 4.66. The molecule has 1 aliphatic rings. The maximum absolute atomic E-state index is 12.9. The lowest BCUT2D eigenvalue weighted by Crippen LogP contribution is -2.39. The number of nitrogens with two attached hydrogens (primary N) is 1. The number of hydrogen-bond donors (Lipinski definition) is 3. The Morgan fingerprint density at radius 3 is 2.44 bits per heavy atom. The third-order valence-electron chi connectivity index (χ3n) is 4.66. The van der Waals surface area contributed by atoms with E-state index in [0.717, 1.165) is 45.0 Å². The van der Waals surface area contributed by atoms with Crippen LogP contribution in [0, 0.1) is 5.92 Å². The van der Waals surface area contributed by atoms with Gasteiger partial charge >= 0.3 is 12.2 Å². The molecule has 27 heavy (non-hydrogen) atoms. The molecular formula is C18H25F3N4O2. The van der Waals surface area contributed by atoms with Gasteiger partial charge in [-0.2, -0.15) is 13.2 Å². The van der Waals surface area contributed by atoms with Gasteiger partial charge in [0.05, 0.1) is 11.3 Å². The lowest BCUT2D eigenvalue weighted by molar-refractivity contribution is -0.137. The molecule has 9 heteroatoms. The van der Waals surface area contributed by atoms with E-state index in [1.54, 1.807) is 0 Å². The molecule has 1 aromatic rings. The largest absolute Gasteiger partial charge is 0.418 e. The molecule has 0 atom stereocenters. The van der Waals surface area contributed by atoms with E-state index in [0.29, 0.717) is 13.0 Å². The number of carbonyl (C=O) groups is 2. The van der Waals surface area contributed by atoms with Crippen molar-refractivity contribution in [3.8, 4) is 0 Å². The number of nitrogens with zero attached hydrogens (tertiary/aromatic N) is 1. The van der Waals surface area contributed by atoms with E-state index in [-0.39, 0.29) is 17.5 Å². The molecule has 0 aromatic heterocycles. The molecule has 1 heterocycles. The number of benzene rings is 1. The van der Waals surface area contributed by atoms with Crippen LogP contribution in [0.4, 0.5) is 23.7 Å². The first-order chi connectivity index (χ1) is 12.8. The summed E-state index contributed by atoms with van der Waals surface area (Å²) in [5.41, 5.74) is 4.16. The van der Waals surface area contributed by atoms with E-state index in [2.05, 4.69) is 15.5 Å². The van der Waals surface area contributed by atoms with Crippen molar-refractivity contribution >= 4 is 17.6 Å². The van der Waals surface area contributed by atoms with Gasteiger partial charge in [0.2, 0.25) is 5.91 Å². The van der Waals surface area contributed by atoms with Crippen LogP contribution in [-0.2, 0) is 11.0 Å². The minimum Gasteiger partial charge on any atom is -0.369 e. The smallest absolute Gasteiger partial charge is 0.369 e. The first-order valence-corrected chi connectivity index (χ1v) is 9.00. The number of halogens is 3. The molecule has 2 rings (SSSR count). The summed E-state index contributed by atoms with van der Waals surface area (Å²) < 4.78 is 38.7. The molecule has 6 nitrogen and oxygen atoms in total. The summed E-state index contributed by atoms with van der Waals surface area (Å²) in [7, 11) is 0. The summed E-state index contributed by atoms with van der Waals surface area (Å²) in [5, 5.41) is 4.82. The minimum absolute atomic E-state index is 0.0359. The lowest BCUT2D eigenvalue weighted by Gasteiger charge is -2.30. The average molecular weight is 386 g/mol. The van der Waals surface area contributed by atoms with Crippen LogP contribution in [0.15, 0.2) is 24.3 Å². The number of rotatable bonds is 7. The second-order valence-corrected chi connectivity index (χ2v) is 6.65. The van der Waals surface area contributed by atoms with Crippen LogP contribution < -0.4 is 16.4 Å². The molecule has 0 radical (unpaired) electrons. The van der Waals surface area contributed by atoms with Crippen molar-refractivity contribution < 1.29 is 22.8 Å². The van der Waals surface area contributed by atoms with Crippen molar-refractivity contribution in [2.24, 2.45) is 11.7 Å². The van der Waals surface area contributed by atoms with Crippen LogP contribution in [0.1, 0.15) is 31.2 Å². The maximum atomic E-state index is 12.9. The highest BCUT2D eigenvalue weighted by molar-refractivity contribution is 5.90. The van der Waals surface area contributed by atoms with Crippen molar-refractivity contribution in [1.82, 2.24) is 10.2 Å². The van der Waals surface area contributed by atoms with Crippen LogP contribution in [0.3, 0.4) is 0 Å². The number of anilines is 1. The molecule has 0 bridgehead atoms. The number of alkyl halides is 3. The van der Waals surface area contributed by atoms with Gasteiger partial charge < -0.3 is 21.3 Å².